The van der Waals surface area contributed by atoms with Gasteiger partial charge in [-0.15, -0.1) is 5.10 Å². The zero-order valence-electron chi connectivity index (χ0n) is 17.9. The predicted octanol–water partition coefficient (Wildman–Crippen LogP) is 4.60. The summed E-state index contributed by atoms with van der Waals surface area (Å²) < 4.78 is 12.4. The molecule has 2 aliphatic rings. The number of nitrogens with two attached hydrogens (primary N) is 1. The number of halogens is 2. The number of hydrogen-bond acceptors (Lipinski definition) is 7. The Bertz CT molecular complexity index is 1300. The Morgan fingerprint density at radius 1 is 1.09 bits per heavy atom. The summed E-state index contributed by atoms with van der Waals surface area (Å²) in [6, 6.07) is 10.4. The van der Waals surface area contributed by atoms with Crippen LogP contribution in [0.15, 0.2) is 47.7 Å². The van der Waals surface area contributed by atoms with Crippen LogP contribution in [0.5, 0.6) is 11.5 Å². The summed E-state index contributed by atoms with van der Waals surface area (Å²) in [5, 5.41) is 8.55. The third-order valence-electron chi connectivity index (χ3n) is 6.07. The molecule has 1 aromatic heterocycles. The summed E-state index contributed by atoms with van der Waals surface area (Å²) in [5.74, 6) is 1.78. The molecule has 0 fully saturated rings. The summed E-state index contributed by atoms with van der Waals surface area (Å²) in [5.41, 5.74) is 8.98. The minimum absolute atomic E-state index is 0.000673. The van der Waals surface area contributed by atoms with Crippen molar-refractivity contribution < 1.29 is 14.3 Å². The fourth-order valence-electron chi connectivity index (χ4n) is 4.58. The molecular weight excluding hydrogens is 465 g/mol. The highest BCUT2D eigenvalue weighted by atomic mass is 35.5. The molecule has 2 aromatic carbocycles. The van der Waals surface area contributed by atoms with Crippen molar-refractivity contribution in [3.05, 3.63) is 68.8 Å². The number of methoxy groups -OCH3 is 2. The van der Waals surface area contributed by atoms with Gasteiger partial charge in [-0.05, 0) is 42.2 Å². The average molecular weight is 486 g/mol. The molecule has 2 heterocycles. The number of benzene rings is 2. The normalized spacial score (nSPS) is 19.6. The van der Waals surface area contributed by atoms with Gasteiger partial charge in [0.1, 0.15) is 6.04 Å². The van der Waals surface area contributed by atoms with Crippen LogP contribution >= 0.6 is 23.2 Å². The highest BCUT2D eigenvalue weighted by molar-refractivity contribution is 6.35. The van der Waals surface area contributed by atoms with E-state index in [-0.39, 0.29) is 17.6 Å². The standard InChI is InChI=1S/C23H21Cl2N5O3/c1-32-18-6-3-11(9-19(18)33-2)12-7-16-20(17(31)8-12)21(14-5-4-13(24)10-15(14)25)30-23(27-16)28-22(26)29-30/h3-6,9-10,12,21H,7-8H2,1-2H3,(H3,26,27,28,29)/t12-,21-/m0/s1. The SMILES string of the molecule is COc1ccc([C@@H]2CC(=O)C3=C(C2)Nc2nc(N)nn2[C@H]3c2ccc(Cl)cc2Cl)cc1OC. The Morgan fingerprint density at radius 2 is 1.88 bits per heavy atom. The summed E-state index contributed by atoms with van der Waals surface area (Å²) in [6.45, 7) is 0. The predicted molar refractivity (Wildman–Crippen MR) is 126 cm³/mol. The number of carbonyl (C=O) groups excluding carboxylic acids is 1. The lowest BCUT2D eigenvalue weighted by atomic mass is 9.78. The van der Waals surface area contributed by atoms with Crippen LogP contribution < -0.4 is 20.5 Å². The summed E-state index contributed by atoms with van der Waals surface area (Å²) in [7, 11) is 3.18. The van der Waals surface area contributed by atoms with Gasteiger partial charge < -0.3 is 20.5 Å². The van der Waals surface area contributed by atoms with E-state index < -0.39 is 6.04 Å². The molecule has 0 radical (unpaired) electrons. The number of ketones is 1. The third kappa shape index (κ3) is 3.69. The zero-order chi connectivity index (χ0) is 23.3. The molecule has 170 valence electrons. The van der Waals surface area contributed by atoms with E-state index in [2.05, 4.69) is 15.4 Å². The van der Waals surface area contributed by atoms with E-state index in [4.69, 9.17) is 38.4 Å². The summed E-state index contributed by atoms with van der Waals surface area (Å²) in [4.78, 5) is 17.9. The molecular formula is C23H21Cl2N5O3. The van der Waals surface area contributed by atoms with Gasteiger partial charge in [0.05, 0.1) is 14.2 Å². The van der Waals surface area contributed by atoms with Gasteiger partial charge in [0.2, 0.25) is 11.9 Å². The van der Waals surface area contributed by atoms with Gasteiger partial charge in [0, 0.05) is 33.3 Å². The van der Waals surface area contributed by atoms with Crippen LogP contribution in [0.1, 0.15) is 35.9 Å². The minimum atomic E-state index is -0.551. The zero-order valence-corrected chi connectivity index (χ0v) is 19.4. The van der Waals surface area contributed by atoms with E-state index in [0.29, 0.717) is 51.5 Å². The van der Waals surface area contributed by atoms with Gasteiger partial charge in [-0.3, -0.25) is 4.79 Å². The molecule has 1 aliphatic heterocycles. The molecule has 3 N–H and O–H groups in total. The molecule has 0 saturated carbocycles. The molecule has 0 amide bonds. The number of aromatic nitrogens is 3. The monoisotopic (exact) mass is 485 g/mol. The minimum Gasteiger partial charge on any atom is -0.493 e. The number of anilines is 2. The van der Waals surface area contributed by atoms with Gasteiger partial charge in [-0.2, -0.15) is 4.98 Å². The number of nitrogen functional groups attached to an aromatic ring is 1. The first-order valence-electron chi connectivity index (χ1n) is 10.3. The number of rotatable bonds is 4. The highest BCUT2D eigenvalue weighted by Crippen LogP contribution is 2.46. The Balaban J connectivity index is 1.59. The van der Waals surface area contributed by atoms with Crippen LogP contribution in [0.25, 0.3) is 0 Å². The van der Waals surface area contributed by atoms with Crippen LogP contribution in [-0.4, -0.2) is 34.8 Å². The Morgan fingerprint density at radius 3 is 2.61 bits per heavy atom. The lowest BCUT2D eigenvalue weighted by Gasteiger charge is -2.35. The van der Waals surface area contributed by atoms with Crippen molar-refractivity contribution >= 4 is 40.9 Å². The van der Waals surface area contributed by atoms with Crippen LogP contribution in [0.3, 0.4) is 0 Å². The molecule has 3 aromatic rings. The maximum absolute atomic E-state index is 13.6. The fraction of sp³-hybridized carbons (Fsp3) is 0.261. The number of Topliss-reactive ketones (excluding diaryl/α,β-unsaturated/α-hetero) is 1. The van der Waals surface area contributed by atoms with Crippen molar-refractivity contribution in [1.29, 1.82) is 0 Å². The van der Waals surface area contributed by atoms with E-state index >= 15 is 0 Å². The second-order valence-electron chi connectivity index (χ2n) is 7.97. The van der Waals surface area contributed by atoms with E-state index in [0.717, 1.165) is 11.3 Å². The van der Waals surface area contributed by atoms with Crippen molar-refractivity contribution in [3.8, 4) is 11.5 Å². The molecule has 10 heteroatoms. The number of nitrogens with zero attached hydrogens (tertiary/aromatic N) is 3. The van der Waals surface area contributed by atoms with Crippen molar-refractivity contribution in [2.24, 2.45) is 0 Å². The number of ether oxygens (including phenoxy) is 2. The first-order chi connectivity index (χ1) is 15.9. The largest absolute Gasteiger partial charge is 0.493 e. The van der Waals surface area contributed by atoms with Crippen LogP contribution in [0.2, 0.25) is 10.0 Å². The molecule has 0 unspecified atom stereocenters. The quantitative estimate of drug-likeness (QED) is 0.556. The second kappa shape index (κ2) is 8.28. The van der Waals surface area contributed by atoms with Crippen LogP contribution in [-0.2, 0) is 4.79 Å². The van der Waals surface area contributed by atoms with E-state index in [9.17, 15) is 4.79 Å². The van der Waals surface area contributed by atoms with Gasteiger partial charge in [-0.1, -0.05) is 35.3 Å². The number of hydrogen-bond donors (Lipinski definition) is 2. The Hall–Kier alpha value is -3.23. The maximum atomic E-state index is 13.6. The first kappa shape index (κ1) is 21.6. The summed E-state index contributed by atoms with van der Waals surface area (Å²) >= 11 is 12.7. The lowest BCUT2D eigenvalue weighted by molar-refractivity contribution is -0.116. The van der Waals surface area contributed by atoms with E-state index in [1.54, 1.807) is 37.1 Å². The third-order valence-corrected chi connectivity index (χ3v) is 6.63. The molecule has 5 rings (SSSR count). The van der Waals surface area contributed by atoms with Crippen LogP contribution in [0.4, 0.5) is 11.9 Å². The number of carbonyl (C=O) groups is 1. The van der Waals surface area contributed by atoms with Gasteiger partial charge in [-0.25, -0.2) is 4.68 Å². The van der Waals surface area contributed by atoms with Crippen molar-refractivity contribution in [1.82, 2.24) is 14.8 Å². The topological polar surface area (TPSA) is 104 Å². The van der Waals surface area contributed by atoms with Gasteiger partial charge in [0.15, 0.2) is 17.3 Å². The average Bonchev–Trinajstić information content (AvgIpc) is 3.17. The second-order valence-corrected chi connectivity index (χ2v) is 8.81. The molecule has 0 spiro atoms. The van der Waals surface area contributed by atoms with Gasteiger partial charge in [0.25, 0.3) is 0 Å². The molecule has 0 saturated heterocycles. The Labute approximate surface area is 200 Å². The highest BCUT2D eigenvalue weighted by Gasteiger charge is 2.40. The fourth-order valence-corrected chi connectivity index (χ4v) is 5.09. The molecule has 33 heavy (non-hydrogen) atoms. The first-order valence-corrected chi connectivity index (χ1v) is 11.1. The van der Waals surface area contributed by atoms with Crippen molar-refractivity contribution in [2.75, 3.05) is 25.3 Å². The van der Waals surface area contributed by atoms with Gasteiger partial charge >= 0.3 is 0 Å². The van der Waals surface area contributed by atoms with Crippen molar-refractivity contribution in [2.45, 2.75) is 24.8 Å². The molecule has 8 nitrogen and oxygen atoms in total. The molecule has 0 bridgehead atoms. The lowest BCUT2D eigenvalue weighted by Crippen LogP contribution is -2.33. The molecule has 2 atom stereocenters. The maximum Gasteiger partial charge on any atom is 0.241 e. The number of nitrogens with one attached hydrogen (secondary N) is 1. The van der Waals surface area contributed by atoms with Crippen molar-refractivity contribution in [3.63, 3.8) is 0 Å². The van der Waals surface area contributed by atoms with Crippen LogP contribution in [0, 0.1) is 0 Å². The summed E-state index contributed by atoms with van der Waals surface area (Å²) in [6.07, 6.45) is 0.933. The Kier molecular flexibility index (Phi) is 5.42. The number of fused-ring (bicyclic) bond motifs is 1. The van der Waals surface area contributed by atoms with E-state index in [1.807, 2.05) is 18.2 Å². The van der Waals surface area contributed by atoms with E-state index in [1.165, 1.54) is 0 Å². The smallest absolute Gasteiger partial charge is 0.241 e. The number of allylic oxidation sites excluding steroid dienone is 2. The molecule has 1 aliphatic carbocycles.